The molecule has 0 fully saturated rings. The van der Waals surface area contributed by atoms with Crippen molar-refractivity contribution in [2.45, 2.75) is 20.4 Å². The Hall–Kier alpha value is -3.86. The summed E-state index contributed by atoms with van der Waals surface area (Å²) in [5, 5.41) is 0.933. The lowest BCUT2D eigenvalue weighted by Gasteiger charge is -2.23. The number of carbonyl (C=O) groups excluding carboxylic acids is 1. The summed E-state index contributed by atoms with van der Waals surface area (Å²) in [5.74, 6) is 0.458. The van der Waals surface area contributed by atoms with E-state index in [9.17, 15) is 9.59 Å². The lowest BCUT2D eigenvalue weighted by atomic mass is 10.1. The van der Waals surface area contributed by atoms with E-state index in [4.69, 9.17) is 4.74 Å². The Bertz CT molecular complexity index is 1310. The van der Waals surface area contributed by atoms with Crippen LogP contribution in [0.1, 0.15) is 27.0 Å². The van der Waals surface area contributed by atoms with Gasteiger partial charge in [-0.1, -0.05) is 35.4 Å². The van der Waals surface area contributed by atoms with Crippen LogP contribution >= 0.6 is 0 Å². The van der Waals surface area contributed by atoms with E-state index < -0.39 is 0 Å². The van der Waals surface area contributed by atoms with Crippen LogP contribution in [0.3, 0.4) is 0 Å². The Morgan fingerprint density at radius 2 is 1.68 bits per heavy atom. The van der Waals surface area contributed by atoms with E-state index in [0.29, 0.717) is 22.6 Å². The Kier molecular flexibility index (Phi) is 5.58. The van der Waals surface area contributed by atoms with Crippen molar-refractivity contribution < 1.29 is 9.53 Å². The van der Waals surface area contributed by atoms with E-state index in [2.05, 4.69) is 4.98 Å². The van der Waals surface area contributed by atoms with Gasteiger partial charge in [0.05, 0.1) is 13.7 Å². The molecule has 0 radical (unpaired) electrons. The first-order chi connectivity index (χ1) is 14.9. The molecule has 0 atom stereocenters. The lowest BCUT2D eigenvalue weighted by Crippen LogP contribution is -2.33. The van der Waals surface area contributed by atoms with Crippen molar-refractivity contribution in [1.82, 2.24) is 4.98 Å². The number of aryl methyl sites for hydroxylation is 2. The number of benzene rings is 3. The molecule has 0 unspecified atom stereocenters. The van der Waals surface area contributed by atoms with E-state index in [1.54, 1.807) is 30.2 Å². The number of anilines is 1. The minimum Gasteiger partial charge on any atom is -0.497 e. The van der Waals surface area contributed by atoms with Crippen LogP contribution in [0.5, 0.6) is 5.75 Å². The zero-order valence-electron chi connectivity index (χ0n) is 17.8. The largest absolute Gasteiger partial charge is 0.497 e. The lowest BCUT2D eigenvalue weighted by molar-refractivity contribution is 0.0985. The van der Waals surface area contributed by atoms with Crippen molar-refractivity contribution in [2.24, 2.45) is 0 Å². The maximum absolute atomic E-state index is 13.5. The van der Waals surface area contributed by atoms with E-state index in [0.717, 1.165) is 22.0 Å². The fourth-order valence-electron chi connectivity index (χ4n) is 3.57. The quantitative estimate of drug-likeness (QED) is 0.502. The average molecular weight is 412 g/mol. The van der Waals surface area contributed by atoms with Crippen molar-refractivity contribution in [2.75, 3.05) is 12.0 Å². The number of nitrogens with zero attached hydrogens (tertiary/aromatic N) is 1. The summed E-state index contributed by atoms with van der Waals surface area (Å²) in [5.41, 5.74) is 4.48. The van der Waals surface area contributed by atoms with Crippen molar-refractivity contribution in [3.63, 3.8) is 0 Å². The Balaban J connectivity index is 1.79. The molecule has 0 saturated carbocycles. The van der Waals surface area contributed by atoms with Crippen LogP contribution < -0.4 is 15.2 Å². The third-order valence-electron chi connectivity index (χ3n) is 5.31. The number of fused-ring (bicyclic) bond motifs is 1. The summed E-state index contributed by atoms with van der Waals surface area (Å²) in [6.45, 7) is 4.12. The SMILES string of the molecule is COc1cccc(N(Cc2cc3cc(C)ccc3[nH]c2=O)C(=O)c2ccc(C)cc2)c1. The molecule has 0 bridgehead atoms. The molecule has 156 valence electrons. The number of methoxy groups -OCH3 is 1. The molecule has 5 nitrogen and oxygen atoms in total. The van der Waals surface area contributed by atoms with Gasteiger partial charge in [-0.3, -0.25) is 9.59 Å². The molecule has 1 amide bonds. The number of hydrogen-bond acceptors (Lipinski definition) is 3. The molecular formula is C26H24N2O3. The number of ether oxygens (including phenoxy) is 1. The number of aromatic nitrogens is 1. The highest BCUT2D eigenvalue weighted by Gasteiger charge is 2.20. The second kappa shape index (κ2) is 8.48. The highest BCUT2D eigenvalue weighted by Crippen LogP contribution is 2.25. The van der Waals surface area contributed by atoms with Gasteiger partial charge in [0.15, 0.2) is 0 Å². The minimum absolute atomic E-state index is 0.138. The number of aromatic amines is 1. The van der Waals surface area contributed by atoms with Gasteiger partial charge in [-0.05, 0) is 61.7 Å². The predicted octanol–water partition coefficient (Wildman–Crippen LogP) is 5.00. The first kappa shape index (κ1) is 20.4. The summed E-state index contributed by atoms with van der Waals surface area (Å²) in [6, 6.07) is 22.4. The summed E-state index contributed by atoms with van der Waals surface area (Å²) >= 11 is 0. The number of carbonyl (C=O) groups is 1. The second-order valence-corrected chi connectivity index (χ2v) is 7.67. The number of pyridine rings is 1. The highest BCUT2D eigenvalue weighted by molar-refractivity contribution is 6.06. The van der Waals surface area contributed by atoms with Gasteiger partial charge >= 0.3 is 0 Å². The van der Waals surface area contributed by atoms with Gasteiger partial charge in [-0.25, -0.2) is 0 Å². The third-order valence-corrected chi connectivity index (χ3v) is 5.31. The van der Waals surface area contributed by atoms with Crippen LogP contribution in [0.15, 0.2) is 77.6 Å². The van der Waals surface area contributed by atoms with Crippen LogP contribution in [0.2, 0.25) is 0 Å². The molecule has 31 heavy (non-hydrogen) atoms. The van der Waals surface area contributed by atoms with Crippen molar-refractivity contribution in [1.29, 1.82) is 0 Å². The molecule has 0 aliphatic carbocycles. The summed E-state index contributed by atoms with van der Waals surface area (Å²) in [6.07, 6.45) is 0. The smallest absolute Gasteiger partial charge is 0.258 e. The van der Waals surface area contributed by atoms with Gasteiger partial charge < -0.3 is 14.6 Å². The van der Waals surface area contributed by atoms with Crippen LogP contribution in [0.4, 0.5) is 5.69 Å². The number of H-pyrrole nitrogens is 1. The standard InChI is InChI=1S/C26H24N2O3/c1-17-7-10-19(11-8-17)26(30)28(22-5-4-6-23(15-22)31-3)16-21-14-20-13-18(2)9-12-24(20)27-25(21)29/h4-15H,16H2,1-3H3,(H,27,29). The molecule has 5 heteroatoms. The first-order valence-corrected chi connectivity index (χ1v) is 10.1. The molecule has 0 aliphatic rings. The monoisotopic (exact) mass is 412 g/mol. The fraction of sp³-hybridized carbons (Fsp3) is 0.154. The van der Waals surface area contributed by atoms with E-state index >= 15 is 0 Å². The Morgan fingerprint density at radius 1 is 0.935 bits per heavy atom. The molecule has 0 saturated heterocycles. The molecule has 0 spiro atoms. The normalized spacial score (nSPS) is 10.8. The molecule has 1 heterocycles. The van der Waals surface area contributed by atoms with Gasteiger partial charge in [0.1, 0.15) is 5.75 Å². The average Bonchev–Trinajstić information content (AvgIpc) is 2.78. The number of amides is 1. The highest BCUT2D eigenvalue weighted by atomic mass is 16.5. The molecule has 0 aliphatic heterocycles. The fourth-order valence-corrected chi connectivity index (χ4v) is 3.57. The van der Waals surface area contributed by atoms with Crippen molar-refractivity contribution in [3.05, 3.63) is 105 Å². The van der Waals surface area contributed by atoms with Crippen molar-refractivity contribution >= 4 is 22.5 Å². The van der Waals surface area contributed by atoms with Gasteiger partial charge in [-0.2, -0.15) is 0 Å². The summed E-state index contributed by atoms with van der Waals surface area (Å²) in [7, 11) is 1.58. The number of hydrogen-bond donors (Lipinski definition) is 1. The minimum atomic E-state index is -0.207. The molecule has 4 aromatic rings. The van der Waals surface area contributed by atoms with Gasteiger partial charge in [-0.15, -0.1) is 0 Å². The summed E-state index contributed by atoms with van der Waals surface area (Å²) in [4.78, 5) is 30.8. The van der Waals surface area contributed by atoms with Gasteiger partial charge in [0.2, 0.25) is 0 Å². The van der Waals surface area contributed by atoms with Gasteiger partial charge in [0, 0.05) is 28.4 Å². The van der Waals surface area contributed by atoms with E-state index in [1.165, 1.54) is 0 Å². The Labute approximate surface area is 180 Å². The van der Waals surface area contributed by atoms with Crippen LogP contribution in [-0.4, -0.2) is 18.0 Å². The zero-order chi connectivity index (χ0) is 22.0. The molecular weight excluding hydrogens is 388 g/mol. The van der Waals surface area contributed by atoms with E-state index in [1.807, 2.05) is 68.4 Å². The second-order valence-electron chi connectivity index (χ2n) is 7.67. The number of rotatable bonds is 5. The number of nitrogens with one attached hydrogen (secondary N) is 1. The molecule has 4 rings (SSSR count). The van der Waals surface area contributed by atoms with Crippen LogP contribution in [0, 0.1) is 13.8 Å². The third kappa shape index (κ3) is 4.36. The molecule has 1 N–H and O–H groups in total. The van der Waals surface area contributed by atoms with Crippen molar-refractivity contribution in [3.8, 4) is 5.75 Å². The van der Waals surface area contributed by atoms with Crippen LogP contribution in [0.25, 0.3) is 10.9 Å². The molecule has 1 aromatic heterocycles. The Morgan fingerprint density at radius 3 is 2.42 bits per heavy atom. The van der Waals surface area contributed by atoms with Crippen LogP contribution in [-0.2, 0) is 6.54 Å². The summed E-state index contributed by atoms with van der Waals surface area (Å²) < 4.78 is 5.35. The zero-order valence-corrected chi connectivity index (χ0v) is 17.8. The maximum atomic E-state index is 13.5. The van der Waals surface area contributed by atoms with Gasteiger partial charge in [0.25, 0.3) is 11.5 Å². The van der Waals surface area contributed by atoms with E-state index in [-0.39, 0.29) is 18.0 Å². The topological polar surface area (TPSA) is 62.4 Å². The predicted molar refractivity (Wildman–Crippen MR) is 124 cm³/mol. The molecule has 3 aromatic carbocycles. The first-order valence-electron chi connectivity index (χ1n) is 10.1. The maximum Gasteiger partial charge on any atom is 0.258 e.